The smallest absolute Gasteiger partial charge is 0.180 e. The number of thiocarbonyl (C=S) groups is 1. The zero-order chi connectivity index (χ0) is 18.0. The van der Waals surface area contributed by atoms with Crippen LogP contribution in [0.15, 0.2) is 29.2 Å². The average Bonchev–Trinajstić information content (AvgIpc) is 2.57. The molecule has 124 valence electrons. The summed E-state index contributed by atoms with van der Waals surface area (Å²) in [6, 6.07) is 7.48. The number of benzene rings is 2. The second-order valence-electron chi connectivity index (χ2n) is 4.48. The molecule has 24 heavy (non-hydrogen) atoms. The first-order valence-electron chi connectivity index (χ1n) is 6.25. The van der Waals surface area contributed by atoms with Crippen LogP contribution in [0.4, 0.5) is 23.2 Å². The van der Waals surface area contributed by atoms with E-state index in [0.29, 0.717) is 22.5 Å². The Morgan fingerprint density at radius 2 is 1.58 bits per heavy atom. The number of halogens is 5. The Labute approximate surface area is 149 Å². The summed E-state index contributed by atoms with van der Waals surface area (Å²) < 4.78 is 55.0. The van der Waals surface area contributed by atoms with Crippen molar-refractivity contribution < 1.29 is 17.6 Å². The fraction of sp³-hybridized carbons (Fsp3) is 0.0667. The van der Waals surface area contributed by atoms with Crippen LogP contribution in [0.2, 0.25) is 5.02 Å². The summed E-state index contributed by atoms with van der Waals surface area (Å²) in [6.07, 6.45) is 0. The van der Waals surface area contributed by atoms with Crippen LogP contribution in [0.5, 0.6) is 0 Å². The topological polar surface area (TPSA) is 27.0 Å². The molecule has 0 unspecified atom stereocenters. The van der Waals surface area contributed by atoms with Crippen molar-refractivity contribution in [3.05, 3.63) is 58.1 Å². The summed E-state index contributed by atoms with van der Waals surface area (Å²) in [6.45, 7) is 0. The molecule has 0 aromatic heterocycles. The Morgan fingerprint density at radius 3 is 2.04 bits per heavy atom. The lowest BCUT2D eigenvalue weighted by molar-refractivity contribution is 0.423. The van der Waals surface area contributed by atoms with Crippen molar-refractivity contribution in [2.24, 2.45) is 0 Å². The van der Waals surface area contributed by atoms with Gasteiger partial charge in [-0.1, -0.05) is 35.6 Å². The number of nitrogens with zero attached hydrogens (tertiary/aromatic N) is 2. The fourth-order valence-corrected chi connectivity index (χ4v) is 2.98. The van der Waals surface area contributed by atoms with Crippen molar-refractivity contribution in [1.82, 2.24) is 0 Å². The van der Waals surface area contributed by atoms with Crippen molar-refractivity contribution in [3.8, 4) is 6.07 Å². The Bertz CT molecular complexity index is 821. The number of anilines is 1. The molecule has 9 heteroatoms. The molecule has 0 fully saturated rings. The molecular weight excluding hydrogens is 384 g/mol. The van der Waals surface area contributed by atoms with E-state index in [1.54, 1.807) is 24.3 Å². The molecule has 0 bridgehead atoms. The molecule has 0 atom stereocenters. The molecule has 0 heterocycles. The highest BCUT2D eigenvalue weighted by Gasteiger charge is 2.27. The highest BCUT2D eigenvalue weighted by Crippen LogP contribution is 2.33. The van der Waals surface area contributed by atoms with E-state index in [-0.39, 0.29) is 4.32 Å². The summed E-state index contributed by atoms with van der Waals surface area (Å²) in [5.74, 6) is -6.84. The van der Waals surface area contributed by atoms with Gasteiger partial charge in [0.05, 0.1) is 4.90 Å². The van der Waals surface area contributed by atoms with Gasteiger partial charge in [0.25, 0.3) is 0 Å². The van der Waals surface area contributed by atoms with Gasteiger partial charge in [-0.3, -0.25) is 0 Å². The normalized spacial score (nSPS) is 10.4. The van der Waals surface area contributed by atoms with Crippen molar-refractivity contribution >= 4 is 45.6 Å². The van der Waals surface area contributed by atoms with E-state index in [4.69, 9.17) is 29.1 Å². The van der Waals surface area contributed by atoms with Gasteiger partial charge in [0.15, 0.2) is 23.3 Å². The summed E-state index contributed by atoms with van der Waals surface area (Å²) in [7, 11) is 1.52. The van der Waals surface area contributed by atoms with Crippen LogP contribution in [-0.4, -0.2) is 11.4 Å². The molecule has 2 rings (SSSR count). The van der Waals surface area contributed by atoms with Gasteiger partial charge in [-0.25, -0.2) is 17.6 Å². The minimum Gasteiger partial charge on any atom is -0.330 e. The van der Waals surface area contributed by atoms with E-state index in [2.05, 4.69) is 0 Å². The van der Waals surface area contributed by atoms with E-state index in [9.17, 15) is 17.6 Å². The summed E-state index contributed by atoms with van der Waals surface area (Å²) >= 11 is 11.2. The molecule has 0 N–H and O–H groups in total. The van der Waals surface area contributed by atoms with E-state index < -0.39 is 33.7 Å². The van der Waals surface area contributed by atoms with Crippen LogP contribution < -0.4 is 4.90 Å². The van der Waals surface area contributed by atoms with Crippen LogP contribution in [0.1, 0.15) is 5.56 Å². The first-order valence-corrected chi connectivity index (χ1v) is 7.85. The molecule has 0 amide bonds. The molecule has 0 saturated carbocycles. The van der Waals surface area contributed by atoms with Gasteiger partial charge in [0.1, 0.15) is 16.0 Å². The average molecular weight is 391 g/mol. The lowest BCUT2D eigenvalue weighted by Crippen LogP contribution is -2.21. The lowest BCUT2D eigenvalue weighted by atomic mass is 10.2. The molecular formula is C15H7ClF4N2S2. The van der Waals surface area contributed by atoms with Crippen LogP contribution in [0.3, 0.4) is 0 Å². The predicted molar refractivity (Wildman–Crippen MR) is 89.3 cm³/mol. The van der Waals surface area contributed by atoms with Gasteiger partial charge < -0.3 is 4.90 Å². The van der Waals surface area contributed by atoms with Gasteiger partial charge in [-0.15, -0.1) is 0 Å². The zero-order valence-electron chi connectivity index (χ0n) is 11.9. The van der Waals surface area contributed by atoms with Gasteiger partial charge >= 0.3 is 0 Å². The molecule has 2 nitrogen and oxygen atoms in total. The minimum atomic E-state index is -1.75. The molecule has 2 aromatic carbocycles. The van der Waals surface area contributed by atoms with E-state index in [1.165, 1.54) is 11.9 Å². The Balaban J connectivity index is 2.36. The quantitative estimate of drug-likeness (QED) is 0.301. The maximum atomic E-state index is 13.9. The molecule has 0 aliphatic heterocycles. The second-order valence-corrected chi connectivity index (χ2v) is 6.56. The fourth-order valence-electron chi connectivity index (χ4n) is 1.73. The second kappa shape index (κ2) is 7.38. The zero-order valence-corrected chi connectivity index (χ0v) is 14.3. The minimum absolute atomic E-state index is 0.0568. The molecule has 0 spiro atoms. The number of hydrogen-bond acceptors (Lipinski definition) is 3. The largest absolute Gasteiger partial charge is 0.330 e. The number of hydrogen-bond donors (Lipinski definition) is 0. The number of nitriles is 1. The third-order valence-corrected chi connectivity index (χ3v) is 4.80. The Hall–Kier alpha value is -1.82. The maximum Gasteiger partial charge on any atom is 0.180 e. The third-order valence-electron chi connectivity index (χ3n) is 3.01. The molecule has 2 aromatic rings. The summed E-state index contributed by atoms with van der Waals surface area (Å²) in [4.78, 5) is 0.443. The van der Waals surface area contributed by atoms with E-state index in [1.807, 2.05) is 0 Å². The van der Waals surface area contributed by atoms with Crippen molar-refractivity contribution in [2.45, 2.75) is 4.90 Å². The third kappa shape index (κ3) is 3.48. The Morgan fingerprint density at radius 1 is 1.08 bits per heavy atom. The van der Waals surface area contributed by atoms with Crippen molar-refractivity contribution in [3.63, 3.8) is 0 Å². The van der Waals surface area contributed by atoms with E-state index in [0.717, 1.165) is 6.07 Å². The first kappa shape index (κ1) is 18.5. The van der Waals surface area contributed by atoms with Crippen LogP contribution in [0, 0.1) is 34.6 Å². The predicted octanol–water partition coefficient (Wildman–Crippen LogP) is 5.28. The Kier molecular flexibility index (Phi) is 5.70. The van der Waals surface area contributed by atoms with Gasteiger partial charge in [0.2, 0.25) is 0 Å². The maximum absolute atomic E-state index is 13.9. The van der Waals surface area contributed by atoms with Gasteiger partial charge in [-0.05, 0) is 24.3 Å². The number of rotatable bonds is 2. The summed E-state index contributed by atoms with van der Waals surface area (Å²) in [5, 5.41) is 9.05. The SMILES string of the molecule is CN(C(=S)Sc1c(F)c(F)c(C#N)c(F)c1F)c1ccc(Cl)cc1. The first-order chi connectivity index (χ1) is 11.3. The molecule has 0 saturated heterocycles. The number of thioether (sulfide) groups is 1. The van der Waals surface area contributed by atoms with Crippen molar-refractivity contribution in [1.29, 1.82) is 5.26 Å². The van der Waals surface area contributed by atoms with Crippen molar-refractivity contribution in [2.75, 3.05) is 11.9 Å². The molecule has 0 aliphatic rings. The van der Waals surface area contributed by atoms with Crippen LogP contribution >= 0.6 is 35.6 Å². The standard InChI is InChI=1S/C15H7ClF4N2S2/c1-22(8-4-2-7(16)3-5-8)15(23)24-14-12(19)10(17)9(6-21)11(18)13(14)20/h2-5H,1H3. The highest BCUT2D eigenvalue weighted by molar-refractivity contribution is 8.23. The van der Waals surface area contributed by atoms with E-state index >= 15 is 0 Å². The summed E-state index contributed by atoms with van der Waals surface area (Å²) in [5.41, 5.74) is -0.751. The van der Waals surface area contributed by atoms with Crippen LogP contribution in [-0.2, 0) is 0 Å². The van der Waals surface area contributed by atoms with Crippen LogP contribution in [0.25, 0.3) is 0 Å². The monoisotopic (exact) mass is 390 g/mol. The highest BCUT2D eigenvalue weighted by atomic mass is 35.5. The van der Waals surface area contributed by atoms with Gasteiger partial charge in [0, 0.05) is 17.8 Å². The lowest BCUT2D eigenvalue weighted by Gasteiger charge is -2.20. The van der Waals surface area contributed by atoms with Gasteiger partial charge in [-0.2, -0.15) is 5.26 Å². The molecule has 0 aliphatic carbocycles. The molecule has 0 radical (unpaired) electrons.